The zero-order valence-electron chi connectivity index (χ0n) is 19.7. The fourth-order valence-electron chi connectivity index (χ4n) is 4.14. The second kappa shape index (κ2) is 9.58. The molecule has 0 fully saturated rings. The number of Topliss-reactive ketones (excluding diaryl/α,β-unsaturated/α-hetero) is 1. The summed E-state index contributed by atoms with van der Waals surface area (Å²) in [6, 6.07) is 13.4. The van der Waals surface area contributed by atoms with Crippen molar-refractivity contribution >= 4 is 38.4 Å². The van der Waals surface area contributed by atoms with Crippen molar-refractivity contribution in [1.29, 1.82) is 0 Å². The number of ether oxygens (including phenoxy) is 1. The van der Waals surface area contributed by atoms with E-state index in [0.717, 1.165) is 24.2 Å². The highest BCUT2D eigenvalue weighted by atomic mass is 32.1. The van der Waals surface area contributed by atoms with Crippen LogP contribution < -0.4 is 9.64 Å². The number of aliphatic hydroxyl groups is 1. The number of nitrogens with zero attached hydrogens (tertiary/aromatic N) is 2. The molecule has 0 bridgehead atoms. The Morgan fingerprint density at radius 3 is 2.81 bits per heavy atom. The molecule has 0 spiro atoms. The highest BCUT2D eigenvalue weighted by Gasteiger charge is 2.46. The predicted octanol–water partition coefficient (Wildman–Crippen LogP) is 6.30. The molecule has 36 heavy (non-hydrogen) atoms. The largest absolute Gasteiger partial charge is 0.503 e. The van der Waals surface area contributed by atoms with Gasteiger partial charge in [0, 0.05) is 0 Å². The molecule has 2 aromatic carbocycles. The second-order valence-corrected chi connectivity index (χ2v) is 9.47. The lowest BCUT2D eigenvalue weighted by Gasteiger charge is -2.24. The molecule has 1 aliphatic rings. The quantitative estimate of drug-likeness (QED) is 0.223. The minimum atomic E-state index is -0.990. The lowest BCUT2D eigenvalue weighted by Crippen LogP contribution is -2.31. The number of anilines is 1. The Balaban J connectivity index is 1.63. The van der Waals surface area contributed by atoms with Crippen molar-refractivity contribution in [2.24, 2.45) is 0 Å². The SMILES string of the molecule is CCCCOc1cccc(C2C(C(=O)c3ccc(C)o3)=C(O)C(=O)N2c2nc3ccc(F)cc3s2)c1. The molecule has 1 N–H and O–H groups in total. The highest BCUT2D eigenvalue weighted by molar-refractivity contribution is 7.22. The van der Waals surface area contributed by atoms with E-state index in [1.165, 1.54) is 29.2 Å². The smallest absolute Gasteiger partial charge is 0.296 e. The van der Waals surface area contributed by atoms with E-state index in [2.05, 4.69) is 11.9 Å². The molecule has 1 unspecified atom stereocenters. The minimum absolute atomic E-state index is 0.00965. The van der Waals surface area contributed by atoms with E-state index < -0.39 is 29.3 Å². The lowest BCUT2D eigenvalue weighted by molar-refractivity contribution is -0.117. The molecule has 1 atom stereocenters. The number of hydrogen-bond donors (Lipinski definition) is 1. The van der Waals surface area contributed by atoms with Gasteiger partial charge in [0.05, 0.1) is 28.4 Å². The van der Waals surface area contributed by atoms with Crippen LogP contribution in [0.3, 0.4) is 0 Å². The van der Waals surface area contributed by atoms with Crippen molar-refractivity contribution in [3.63, 3.8) is 0 Å². The van der Waals surface area contributed by atoms with Crippen LogP contribution >= 0.6 is 11.3 Å². The van der Waals surface area contributed by atoms with Gasteiger partial charge in [-0.05, 0) is 61.4 Å². The van der Waals surface area contributed by atoms with Crippen molar-refractivity contribution in [2.75, 3.05) is 11.5 Å². The number of fused-ring (bicyclic) bond motifs is 1. The van der Waals surface area contributed by atoms with Gasteiger partial charge in [-0.2, -0.15) is 0 Å². The Morgan fingerprint density at radius 2 is 2.06 bits per heavy atom. The molecular formula is C27H23FN2O5S. The van der Waals surface area contributed by atoms with E-state index >= 15 is 0 Å². The van der Waals surface area contributed by atoms with Gasteiger partial charge in [-0.15, -0.1) is 0 Å². The first kappa shape index (κ1) is 23.7. The number of ketones is 1. The molecule has 3 heterocycles. The Labute approximate surface area is 210 Å². The van der Waals surface area contributed by atoms with Crippen LogP contribution in [-0.4, -0.2) is 28.4 Å². The third-order valence-electron chi connectivity index (χ3n) is 5.90. The number of amides is 1. The Morgan fingerprint density at radius 1 is 1.22 bits per heavy atom. The van der Waals surface area contributed by atoms with Crippen LogP contribution in [0.4, 0.5) is 9.52 Å². The minimum Gasteiger partial charge on any atom is -0.503 e. The first-order valence-electron chi connectivity index (χ1n) is 11.5. The summed E-state index contributed by atoms with van der Waals surface area (Å²) in [7, 11) is 0. The molecule has 5 rings (SSSR count). The number of thiazole rings is 1. The van der Waals surface area contributed by atoms with E-state index in [1.807, 2.05) is 0 Å². The Kier molecular flexibility index (Phi) is 6.32. The van der Waals surface area contributed by atoms with E-state index in [1.54, 1.807) is 37.3 Å². The standard InChI is InChI=1S/C27H23FN2O5S/c1-3-4-12-34-18-7-5-6-16(13-18)23-22(24(31)20-11-8-15(2)35-20)25(32)26(33)30(23)27-29-19-10-9-17(28)14-21(19)36-27/h5-11,13-14,23,32H,3-4,12H2,1-2H3. The molecule has 184 valence electrons. The van der Waals surface area contributed by atoms with Crippen molar-refractivity contribution in [3.05, 3.63) is 88.8 Å². The molecule has 0 saturated carbocycles. The molecule has 2 aromatic heterocycles. The zero-order chi connectivity index (χ0) is 25.4. The number of carbonyl (C=O) groups is 2. The van der Waals surface area contributed by atoms with Gasteiger partial charge in [0.1, 0.15) is 17.3 Å². The number of hydrogen-bond acceptors (Lipinski definition) is 7. The third-order valence-corrected chi connectivity index (χ3v) is 6.92. The molecule has 9 heteroatoms. The summed E-state index contributed by atoms with van der Waals surface area (Å²) < 4.78 is 25.7. The maximum atomic E-state index is 13.8. The number of halogens is 1. The molecule has 0 aliphatic carbocycles. The van der Waals surface area contributed by atoms with Gasteiger partial charge in [0.25, 0.3) is 5.91 Å². The Hall–Kier alpha value is -3.98. The number of carbonyl (C=O) groups excluding carboxylic acids is 2. The van der Waals surface area contributed by atoms with Crippen molar-refractivity contribution in [3.8, 4) is 5.75 Å². The second-order valence-electron chi connectivity index (χ2n) is 8.46. The molecule has 0 saturated heterocycles. The molecule has 1 aliphatic heterocycles. The fraction of sp³-hybridized carbons (Fsp3) is 0.222. The van der Waals surface area contributed by atoms with Gasteiger partial charge >= 0.3 is 0 Å². The number of aliphatic hydroxyl groups excluding tert-OH is 1. The van der Waals surface area contributed by atoms with Crippen molar-refractivity contribution in [1.82, 2.24) is 4.98 Å². The number of aromatic nitrogens is 1. The maximum absolute atomic E-state index is 13.8. The van der Waals surface area contributed by atoms with Crippen LogP contribution in [0.25, 0.3) is 10.2 Å². The average molecular weight is 507 g/mol. The topological polar surface area (TPSA) is 92.9 Å². The van der Waals surface area contributed by atoms with Crippen LogP contribution in [0.2, 0.25) is 0 Å². The third kappa shape index (κ3) is 4.26. The summed E-state index contributed by atoms with van der Waals surface area (Å²) in [6.07, 6.45) is 1.85. The number of benzene rings is 2. The molecule has 7 nitrogen and oxygen atoms in total. The summed E-state index contributed by atoms with van der Waals surface area (Å²) in [5.74, 6) is -1.38. The van der Waals surface area contributed by atoms with Crippen LogP contribution in [-0.2, 0) is 4.79 Å². The van der Waals surface area contributed by atoms with E-state index in [9.17, 15) is 19.1 Å². The normalized spacial score (nSPS) is 15.8. The Bertz CT molecular complexity index is 1500. The summed E-state index contributed by atoms with van der Waals surface area (Å²) >= 11 is 1.10. The maximum Gasteiger partial charge on any atom is 0.296 e. The van der Waals surface area contributed by atoms with E-state index in [-0.39, 0.29) is 16.5 Å². The molecule has 4 aromatic rings. The monoisotopic (exact) mass is 506 g/mol. The van der Waals surface area contributed by atoms with E-state index in [4.69, 9.17) is 9.15 Å². The van der Waals surface area contributed by atoms with E-state index in [0.29, 0.717) is 33.9 Å². The summed E-state index contributed by atoms with van der Waals surface area (Å²) in [5, 5.41) is 11.2. The average Bonchev–Trinajstić information content (AvgIpc) is 3.55. The molecule has 1 amide bonds. The highest BCUT2D eigenvalue weighted by Crippen LogP contribution is 2.44. The van der Waals surface area contributed by atoms with Crippen LogP contribution in [0.15, 0.2) is 70.3 Å². The van der Waals surface area contributed by atoms with Gasteiger partial charge in [-0.25, -0.2) is 9.37 Å². The zero-order valence-corrected chi connectivity index (χ0v) is 20.5. The summed E-state index contributed by atoms with van der Waals surface area (Å²) in [5.41, 5.74) is 0.935. The number of rotatable bonds is 8. The fourth-order valence-corrected chi connectivity index (χ4v) is 5.15. The van der Waals surface area contributed by atoms with Gasteiger partial charge in [-0.3, -0.25) is 14.5 Å². The number of unbranched alkanes of at least 4 members (excludes halogenated alkanes) is 1. The van der Waals surface area contributed by atoms with Crippen LogP contribution in [0, 0.1) is 12.7 Å². The van der Waals surface area contributed by atoms with Gasteiger partial charge in [0.15, 0.2) is 16.7 Å². The lowest BCUT2D eigenvalue weighted by atomic mass is 9.95. The van der Waals surface area contributed by atoms with Gasteiger partial charge in [-0.1, -0.05) is 36.8 Å². The summed E-state index contributed by atoms with van der Waals surface area (Å²) in [4.78, 5) is 32.7. The van der Waals surface area contributed by atoms with Crippen LogP contribution in [0.1, 0.15) is 47.7 Å². The first-order valence-corrected chi connectivity index (χ1v) is 12.4. The first-order chi connectivity index (χ1) is 17.4. The number of aryl methyl sites for hydroxylation is 1. The molecule has 0 radical (unpaired) electrons. The van der Waals surface area contributed by atoms with Gasteiger partial charge < -0.3 is 14.3 Å². The number of furan rings is 1. The predicted molar refractivity (Wildman–Crippen MR) is 134 cm³/mol. The summed E-state index contributed by atoms with van der Waals surface area (Å²) in [6.45, 7) is 4.29. The van der Waals surface area contributed by atoms with Crippen molar-refractivity contribution in [2.45, 2.75) is 32.7 Å². The van der Waals surface area contributed by atoms with Crippen LogP contribution in [0.5, 0.6) is 5.75 Å². The molecular weight excluding hydrogens is 483 g/mol. The van der Waals surface area contributed by atoms with Gasteiger partial charge in [0.2, 0.25) is 5.78 Å². The van der Waals surface area contributed by atoms with Crippen molar-refractivity contribution < 1.29 is 28.2 Å².